The molecule has 1 amide bonds. The summed E-state index contributed by atoms with van der Waals surface area (Å²) in [5.41, 5.74) is 7.88. The molecule has 0 bridgehead atoms. The fraction of sp³-hybridized carbons (Fsp3) is 0.333. The van der Waals surface area contributed by atoms with Gasteiger partial charge < -0.3 is 15.4 Å². The quantitative estimate of drug-likeness (QED) is 0.936. The zero-order valence-electron chi connectivity index (χ0n) is 13.5. The molecule has 3 rings (SSSR count). The summed E-state index contributed by atoms with van der Waals surface area (Å²) in [4.78, 5) is 18.3. The molecule has 0 radical (unpaired) electrons. The number of hydrogen-bond donors (Lipinski definition) is 1. The number of rotatable bonds is 4. The predicted molar refractivity (Wildman–Crippen MR) is 88.8 cm³/mol. The molecule has 1 aromatic heterocycles. The first kappa shape index (κ1) is 16.4. The first-order chi connectivity index (χ1) is 11.5. The number of nitrogens with zero attached hydrogens (tertiary/aromatic N) is 2. The molecule has 6 heteroatoms. The van der Waals surface area contributed by atoms with Crippen LogP contribution < -0.4 is 10.5 Å². The van der Waals surface area contributed by atoms with E-state index in [0.29, 0.717) is 36.7 Å². The van der Waals surface area contributed by atoms with Gasteiger partial charge in [0.1, 0.15) is 11.9 Å². The Balaban J connectivity index is 1.78. The number of alkyl halides is 1. The van der Waals surface area contributed by atoms with Crippen molar-refractivity contribution < 1.29 is 13.9 Å². The van der Waals surface area contributed by atoms with Crippen LogP contribution in [0.3, 0.4) is 0 Å². The highest BCUT2D eigenvalue weighted by Gasteiger charge is 2.26. The zero-order chi connectivity index (χ0) is 17.1. The second-order valence-corrected chi connectivity index (χ2v) is 5.93. The Morgan fingerprint density at radius 3 is 2.96 bits per heavy atom. The third-order valence-corrected chi connectivity index (χ3v) is 3.95. The van der Waals surface area contributed by atoms with Gasteiger partial charge in [0.15, 0.2) is 0 Å². The number of ether oxygens (including phenoxy) is 1. The molecular weight excluding hydrogens is 309 g/mol. The van der Waals surface area contributed by atoms with E-state index in [-0.39, 0.29) is 12.5 Å². The molecule has 2 aromatic rings. The van der Waals surface area contributed by atoms with Gasteiger partial charge in [-0.05, 0) is 43.2 Å². The molecule has 5 nitrogen and oxygen atoms in total. The van der Waals surface area contributed by atoms with E-state index in [4.69, 9.17) is 10.5 Å². The number of hydrogen-bond acceptors (Lipinski definition) is 4. The number of likely N-dealkylation sites (tertiary alicyclic amines) is 1. The number of pyridine rings is 1. The highest BCUT2D eigenvalue weighted by Crippen LogP contribution is 2.24. The average Bonchev–Trinajstić information content (AvgIpc) is 3.00. The van der Waals surface area contributed by atoms with Gasteiger partial charge >= 0.3 is 0 Å². The number of carbonyl (C=O) groups is 1. The molecule has 24 heavy (non-hydrogen) atoms. The minimum atomic E-state index is -0.931. The van der Waals surface area contributed by atoms with Crippen molar-refractivity contribution in [1.29, 1.82) is 0 Å². The predicted octanol–water partition coefficient (Wildman–Crippen LogP) is 2.83. The first-order valence-corrected chi connectivity index (χ1v) is 7.94. The Hall–Kier alpha value is -2.47. The third-order valence-electron chi connectivity index (χ3n) is 3.95. The van der Waals surface area contributed by atoms with Crippen LogP contribution in [0.25, 0.3) is 0 Å². The summed E-state index contributed by atoms with van der Waals surface area (Å²) >= 11 is 0. The van der Waals surface area contributed by atoms with Gasteiger partial charge in [-0.3, -0.25) is 4.79 Å². The Morgan fingerprint density at radius 2 is 2.25 bits per heavy atom. The largest absolute Gasteiger partial charge is 0.439 e. The molecule has 1 aliphatic rings. The van der Waals surface area contributed by atoms with Crippen LogP contribution in [0.15, 0.2) is 36.4 Å². The van der Waals surface area contributed by atoms with E-state index in [0.717, 1.165) is 11.3 Å². The van der Waals surface area contributed by atoms with Crippen molar-refractivity contribution in [2.75, 3.05) is 13.1 Å². The highest BCUT2D eigenvalue weighted by molar-refractivity contribution is 5.94. The van der Waals surface area contributed by atoms with E-state index in [1.807, 2.05) is 13.0 Å². The van der Waals surface area contributed by atoms with Crippen molar-refractivity contribution in [3.8, 4) is 11.6 Å². The highest BCUT2D eigenvalue weighted by atomic mass is 19.1. The standard InChI is InChI=1S/C18H20FN3O2/c1-12-7-13(10-20)8-17(21-12)24-16-4-2-3-14(9-16)18(23)22-6-5-15(19)11-22/h2-4,7-9,15H,5-6,10-11,20H2,1H3/t15-/m0/s1. The topological polar surface area (TPSA) is 68.5 Å². The Kier molecular flexibility index (Phi) is 4.76. The molecule has 1 fully saturated rings. The van der Waals surface area contributed by atoms with Gasteiger partial charge in [-0.25, -0.2) is 9.37 Å². The van der Waals surface area contributed by atoms with Crippen LogP contribution in [-0.4, -0.2) is 35.1 Å². The number of nitrogens with two attached hydrogens (primary N) is 1. The smallest absolute Gasteiger partial charge is 0.254 e. The lowest BCUT2D eigenvalue weighted by atomic mass is 10.2. The molecule has 0 saturated carbocycles. The fourth-order valence-electron chi connectivity index (χ4n) is 2.78. The molecule has 126 valence electrons. The number of carbonyl (C=O) groups excluding carboxylic acids is 1. The Bertz CT molecular complexity index is 751. The van der Waals surface area contributed by atoms with Crippen molar-refractivity contribution in [2.45, 2.75) is 26.1 Å². The number of benzene rings is 1. The minimum absolute atomic E-state index is 0.156. The van der Waals surface area contributed by atoms with Gasteiger partial charge in [0.2, 0.25) is 5.88 Å². The van der Waals surface area contributed by atoms with E-state index in [1.54, 1.807) is 30.3 Å². The summed E-state index contributed by atoms with van der Waals surface area (Å²) in [5.74, 6) is 0.767. The first-order valence-electron chi connectivity index (χ1n) is 7.94. The van der Waals surface area contributed by atoms with Crippen molar-refractivity contribution in [3.05, 3.63) is 53.2 Å². The Morgan fingerprint density at radius 1 is 1.42 bits per heavy atom. The van der Waals surface area contributed by atoms with E-state index in [9.17, 15) is 9.18 Å². The molecular formula is C18H20FN3O2. The average molecular weight is 329 g/mol. The Labute approximate surface area is 140 Å². The van der Waals surface area contributed by atoms with E-state index < -0.39 is 6.17 Å². The zero-order valence-corrected chi connectivity index (χ0v) is 13.5. The van der Waals surface area contributed by atoms with Crippen molar-refractivity contribution in [2.24, 2.45) is 5.73 Å². The maximum Gasteiger partial charge on any atom is 0.254 e. The summed E-state index contributed by atoms with van der Waals surface area (Å²) in [6.07, 6.45) is -0.531. The van der Waals surface area contributed by atoms with Crippen LogP contribution in [0.2, 0.25) is 0 Å². The summed E-state index contributed by atoms with van der Waals surface area (Å²) in [6.45, 7) is 2.87. The summed E-state index contributed by atoms with van der Waals surface area (Å²) in [7, 11) is 0. The number of aromatic nitrogens is 1. The summed E-state index contributed by atoms with van der Waals surface area (Å²) < 4.78 is 19.1. The van der Waals surface area contributed by atoms with Crippen LogP contribution in [0, 0.1) is 6.92 Å². The lowest BCUT2D eigenvalue weighted by Crippen LogP contribution is -2.28. The van der Waals surface area contributed by atoms with Crippen LogP contribution in [0.5, 0.6) is 11.6 Å². The monoisotopic (exact) mass is 329 g/mol. The van der Waals surface area contributed by atoms with Crippen LogP contribution in [-0.2, 0) is 6.54 Å². The van der Waals surface area contributed by atoms with Crippen molar-refractivity contribution in [1.82, 2.24) is 9.88 Å². The molecule has 2 N–H and O–H groups in total. The number of halogens is 1. The van der Waals surface area contributed by atoms with Crippen molar-refractivity contribution in [3.63, 3.8) is 0 Å². The van der Waals surface area contributed by atoms with Gasteiger partial charge in [-0.1, -0.05) is 6.07 Å². The molecule has 2 heterocycles. The van der Waals surface area contributed by atoms with Gasteiger partial charge in [-0.15, -0.1) is 0 Å². The second kappa shape index (κ2) is 6.97. The number of amides is 1. The van der Waals surface area contributed by atoms with Crippen molar-refractivity contribution >= 4 is 5.91 Å². The molecule has 0 aliphatic carbocycles. The summed E-state index contributed by atoms with van der Waals surface area (Å²) in [5, 5.41) is 0. The molecule has 1 atom stereocenters. The van der Waals surface area contributed by atoms with Gasteiger partial charge in [0.05, 0.1) is 6.54 Å². The lowest BCUT2D eigenvalue weighted by molar-refractivity contribution is 0.0782. The molecule has 0 spiro atoms. The van der Waals surface area contributed by atoms with Crippen LogP contribution in [0.1, 0.15) is 28.0 Å². The molecule has 1 aliphatic heterocycles. The fourth-order valence-corrected chi connectivity index (χ4v) is 2.78. The molecule has 0 unspecified atom stereocenters. The maximum absolute atomic E-state index is 13.3. The number of aryl methyl sites for hydroxylation is 1. The minimum Gasteiger partial charge on any atom is -0.439 e. The second-order valence-electron chi connectivity index (χ2n) is 5.93. The van der Waals surface area contributed by atoms with Crippen LogP contribution in [0.4, 0.5) is 4.39 Å². The molecule has 1 aromatic carbocycles. The van der Waals surface area contributed by atoms with Crippen LogP contribution >= 0.6 is 0 Å². The van der Waals surface area contributed by atoms with E-state index in [2.05, 4.69) is 4.98 Å². The third kappa shape index (κ3) is 3.71. The SMILES string of the molecule is Cc1cc(CN)cc(Oc2cccc(C(=O)N3CC[C@H](F)C3)c2)n1. The van der Waals surface area contributed by atoms with Gasteiger partial charge in [0, 0.05) is 30.4 Å². The lowest BCUT2D eigenvalue weighted by Gasteiger charge is -2.15. The van der Waals surface area contributed by atoms with Gasteiger partial charge in [-0.2, -0.15) is 0 Å². The van der Waals surface area contributed by atoms with E-state index >= 15 is 0 Å². The normalized spacial score (nSPS) is 17.1. The van der Waals surface area contributed by atoms with E-state index in [1.165, 1.54) is 4.90 Å². The van der Waals surface area contributed by atoms with Gasteiger partial charge in [0.25, 0.3) is 5.91 Å². The molecule has 1 saturated heterocycles. The summed E-state index contributed by atoms with van der Waals surface area (Å²) in [6, 6.07) is 10.5. The maximum atomic E-state index is 13.3.